The number of esters is 1. The summed E-state index contributed by atoms with van der Waals surface area (Å²) in [4.78, 5) is 29.0. The molecule has 1 unspecified atom stereocenters. The van der Waals surface area contributed by atoms with Crippen molar-refractivity contribution < 1.29 is 19.1 Å². The van der Waals surface area contributed by atoms with Gasteiger partial charge in [-0.25, -0.2) is 4.79 Å². The molecule has 1 heterocycles. The van der Waals surface area contributed by atoms with E-state index in [1.54, 1.807) is 24.4 Å². The molecule has 7 heteroatoms. The van der Waals surface area contributed by atoms with Gasteiger partial charge in [0.15, 0.2) is 6.10 Å². The van der Waals surface area contributed by atoms with Crippen LogP contribution in [0.25, 0.3) is 17.0 Å². The maximum absolute atomic E-state index is 12.5. The summed E-state index contributed by atoms with van der Waals surface area (Å²) in [6.45, 7) is 3.31. The molecule has 0 radical (unpaired) electrons. The van der Waals surface area contributed by atoms with Crippen molar-refractivity contribution in [2.75, 3.05) is 12.4 Å². The molecule has 1 aromatic heterocycles. The second-order valence-electron chi connectivity index (χ2n) is 6.63. The van der Waals surface area contributed by atoms with Crippen molar-refractivity contribution in [2.45, 2.75) is 20.0 Å². The molecule has 0 fully saturated rings. The van der Waals surface area contributed by atoms with Gasteiger partial charge in [-0.3, -0.25) is 9.78 Å². The molecule has 1 N–H and O–H groups in total. The second-order valence-corrected chi connectivity index (χ2v) is 7.03. The van der Waals surface area contributed by atoms with Crippen LogP contribution in [-0.4, -0.2) is 30.1 Å². The number of methoxy groups -OCH3 is 1. The topological polar surface area (TPSA) is 77.5 Å². The van der Waals surface area contributed by atoms with Crippen molar-refractivity contribution in [3.05, 3.63) is 70.9 Å². The number of rotatable bonds is 6. The third-order valence-electron chi connectivity index (χ3n) is 4.46. The number of carbonyl (C=O) groups is 2. The van der Waals surface area contributed by atoms with Crippen LogP contribution in [0.15, 0.2) is 54.7 Å². The lowest BCUT2D eigenvalue weighted by Crippen LogP contribution is -2.29. The molecule has 1 amide bonds. The molecule has 0 spiro atoms. The van der Waals surface area contributed by atoms with E-state index < -0.39 is 18.0 Å². The van der Waals surface area contributed by atoms with Crippen LogP contribution >= 0.6 is 11.6 Å². The number of aromatic nitrogens is 1. The van der Waals surface area contributed by atoms with Crippen LogP contribution in [0.2, 0.25) is 5.02 Å². The van der Waals surface area contributed by atoms with E-state index in [9.17, 15) is 9.59 Å². The van der Waals surface area contributed by atoms with E-state index in [4.69, 9.17) is 21.1 Å². The first-order chi connectivity index (χ1) is 14.4. The number of fused-ring (bicyclic) bond motifs is 1. The third kappa shape index (κ3) is 4.96. The molecule has 0 saturated heterocycles. The normalized spacial score (nSPS) is 12.0. The average Bonchev–Trinajstić information content (AvgIpc) is 2.74. The summed E-state index contributed by atoms with van der Waals surface area (Å²) in [6, 6.07) is 12.8. The minimum Gasteiger partial charge on any atom is -0.495 e. The third-order valence-corrected chi connectivity index (χ3v) is 4.87. The number of amides is 1. The molecule has 154 valence electrons. The molecular weight excluding hydrogens is 404 g/mol. The van der Waals surface area contributed by atoms with E-state index in [0.29, 0.717) is 16.5 Å². The minimum absolute atomic E-state index is 0.417. The number of nitrogens with one attached hydrogen (secondary N) is 1. The Hall–Kier alpha value is -3.38. The summed E-state index contributed by atoms with van der Waals surface area (Å²) in [6.07, 6.45) is 3.58. The Bertz CT molecular complexity index is 1120. The highest BCUT2D eigenvalue weighted by molar-refractivity contribution is 6.31. The Morgan fingerprint density at radius 3 is 2.73 bits per heavy atom. The van der Waals surface area contributed by atoms with Gasteiger partial charge in [0.1, 0.15) is 5.75 Å². The maximum atomic E-state index is 12.5. The van der Waals surface area contributed by atoms with Crippen molar-refractivity contribution in [3.63, 3.8) is 0 Å². The van der Waals surface area contributed by atoms with Crippen molar-refractivity contribution in [2.24, 2.45) is 0 Å². The van der Waals surface area contributed by atoms with Crippen LogP contribution in [0.4, 0.5) is 5.69 Å². The van der Waals surface area contributed by atoms with Crippen LogP contribution in [0.1, 0.15) is 18.1 Å². The molecule has 2 aromatic carbocycles. The Balaban J connectivity index is 1.66. The summed E-state index contributed by atoms with van der Waals surface area (Å²) in [5, 5.41) is 4.19. The number of nitrogens with zero attached hydrogens (tertiary/aromatic N) is 1. The predicted octanol–water partition coefficient (Wildman–Crippen LogP) is 4.79. The van der Waals surface area contributed by atoms with E-state index in [1.165, 1.54) is 20.1 Å². The van der Waals surface area contributed by atoms with Crippen LogP contribution < -0.4 is 10.1 Å². The largest absolute Gasteiger partial charge is 0.495 e. The molecule has 0 saturated carbocycles. The number of carbonyl (C=O) groups excluding carboxylic acids is 2. The van der Waals surface area contributed by atoms with Gasteiger partial charge in [0.25, 0.3) is 5.91 Å². The number of anilines is 1. The van der Waals surface area contributed by atoms with E-state index >= 15 is 0 Å². The Kier molecular flexibility index (Phi) is 6.69. The van der Waals surface area contributed by atoms with Crippen molar-refractivity contribution >= 4 is 46.1 Å². The van der Waals surface area contributed by atoms with Gasteiger partial charge in [-0.2, -0.15) is 0 Å². The first-order valence-electron chi connectivity index (χ1n) is 9.26. The summed E-state index contributed by atoms with van der Waals surface area (Å²) in [5.41, 5.74) is 2.79. The van der Waals surface area contributed by atoms with Crippen LogP contribution in [0, 0.1) is 6.92 Å². The maximum Gasteiger partial charge on any atom is 0.331 e. The molecule has 0 aliphatic heterocycles. The zero-order chi connectivity index (χ0) is 21.7. The van der Waals surface area contributed by atoms with Gasteiger partial charge in [-0.05, 0) is 37.6 Å². The monoisotopic (exact) mass is 424 g/mol. The molecule has 3 aromatic rings. The summed E-state index contributed by atoms with van der Waals surface area (Å²) >= 11 is 6.08. The molecule has 3 rings (SSSR count). The molecule has 0 aliphatic rings. The fourth-order valence-corrected chi connectivity index (χ4v) is 3.01. The highest BCUT2D eigenvalue weighted by atomic mass is 35.5. The number of benzene rings is 2. The van der Waals surface area contributed by atoms with Crippen molar-refractivity contribution in [1.82, 2.24) is 4.98 Å². The van der Waals surface area contributed by atoms with Crippen LogP contribution in [0.5, 0.6) is 5.75 Å². The molecule has 0 bridgehead atoms. The SMILES string of the molecule is COc1cc(Cl)c(C)cc1NC(=O)C(C)OC(=O)/C=C/c1cccc2cccnc12. The van der Waals surface area contributed by atoms with Crippen molar-refractivity contribution in [3.8, 4) is 5.75 Å². The first-order valence-corrected chi connectivity index (χ1v) is 9.64. The Morgan fingerprint density at radius 1 is 1.20 bits per heavy atom. The van der Waals surface area contributed by atoms with Gasteiger partial charge in [0.05, 0.1) is 18.3 Å². The van der Waals surface area contributed by atoms with Crippen LogP contribution in [0.3, 0.4) is 0 Å². The first kappa shape index (κ1) is 21.3. The van der Waals surface area contributed by atoms with E-state index in [-0.39, 0.29) is 0 Å². The highest BCUT2D eigenvalue weighted by Gasteiger charge is 2.19. The lowest BCUT2D eigenvalue weighted by atomic mass is 10.1. The summed E-state index contributed by atoms with van der Waals surface area (Å²) in [5.74, 6) is -0.700. The standard InChI is InChI=1S/C23H21ClN2O4/c1-14-12-19(20(29-3)13-18(14)24)26-23(28)15(2)30-21(27)10-9-17-7-4-6-16-8-5-11-25-22(16)17/h4-13,15H,1-3H3,(H,26,28)/b10-9+. The summed E-state index contributed by atoms with van der Waals surface area (Å²) < 4.78 is 10.5. The second kappa shape index (κ2) is 9.41. The Labute approximate surface area is 179 Å². The average molecular weight is 425 g/mol. The lowest BCUT2D eigenvalue weighted by molar-refractivity contribution is -0.148. The fourth-order valence-electron chi connectivity index (χ4n) is 2.85. The van der Waals surface area contributed by atoms with Gasteiger partial charge in [-0.15, -0.1) is 0 Å². The van der Waals surface area contributed by atoms with E-state index in [0.717, 1.165) is 22.0 Å². The molecule has 6 nitrogen and oxygen atoms in total. The summed E-state index contributed by atoms with van der Waals surface area (Å²) in [7, 11) is 1.48. The lowest BCUT2D eigenvalue weighted by Gasteiger charge is -2.15. The van der Waals surface area contributed by atoms with Gasteiger partial charge < -0.3 is 14.8 Å². The zero-order valence-electron chi connectivity index (χ0n) is 16.8. The quantitative estimate of drug-likeness (QED) is 0.454. The smallest absolute Gasteiger partial charge is 0.331 e. The highest BCUT2D eigenvalue weighted by Crippen LogP contribution is 2.31. The van der Waals surface area contributed by atoms with E-state index in [2.05, 4.69) is 10.3 Å². The number of ether oxygens (including phenoxy) is 2. The Morgan fingerprint density at radius 2 is 1.97 bits per heavy atom. The molecule has 1 atom stereocenters. The van der Waals surface area contributed by atoms with E-state index in [1.807, 2.05) is 37.3 Å². The minimum atomic E-state index is -1.01. The number of halogens is 1. The van der Waals surface area contributed by atoms with Gasteiger partial charge in [0.2, 0.25) is 0 Å². The van der Waals surface area contributed by atoms with Crippen molar-refractivity contribution in [1.29, 1.82) is 0 Å². The number of pyridine rings is 1. The number of aryl methyl sites for hydroxylation is 1. The molecular formula is C23H21ClN2O4. The molecule has 30 heavy (non-hydrogen) atoms. The number of hydrogen-bond acceptors (Lipinski definition) is 5. The van der Waals surface area contributed by atoms with Gasteiger partial charge in [0, 0.05) is 34.3 Å². The zero-order valence-corrected chi connectivity index (χ0v) is 17.6. The molecule has 0 aliphatic carbocycles. The van der Waals surface area contributed by atoms with Gasteiger partial charge >= 0.3 is 5.97 Å². The number of hydrogen-bond donors (Lipinski definition) is 1. The fraction of sp³-hybridized carbons (Fsp3) is 0.174. The predicted molar refractivity (Wildman–Crippen MR) is 118 cm³/mol. The number of para-hydroxylation sites is 1. The van der Waals surface area contributed by atoms with Crippen LogP contribution in [-0.2, 0) is 14.3 Å². The van der Waals surface area contributed by atoms with Gasteiger partial charge in [-0.1, -0.05) is 35.9 Å².